The number of allylic oxidation sites excluding steroid dienone is 2. The van der Waals surface area contributed by atoms with Crippen molar-refractivity contribution in [2.75, 3.05) is 19.0 Å². The van der Waals surface area contributed by atoms with Gasteiger partial charge in [0.15, 0.2) is 17.3 Å². The predicted octanol–water partition coefficient (Wildman–Crippen LogP) is 6.29. The van der Waals surface area contributed by atoms with Gasteiger partial charge in [0.25, 0.3) is 0 Å². The summed E-state index contributed by atoms with van der Waals surface area (Å²) in [5.41, 5.74) is 3.43. The van der Waals surface area contributed by atoms with Crippen LogP contribution >= 0.6 is 23.4 Å². The van der Waals surface area contributed by atoms with Crippen LogP contribution < -0.4 is 14.8 Å². The van der Waals surface area contributed by atoms with Gasteiger partial charge in [-0.25, -0.2) is 4.68 Å². The lowest BCUT2D eigenvalue weighted by atomic mass is 9.73. The molecule has 0 amide bonds. The van der Waals surface area contributed by atoms with Gasteiger partial charge in [0.05, 0.1) is 13.7 Å². The minimum Gasteiger partial charge on any atom is -0.493 e. The molecular formula is C27H29ClN4O3S. The van der Waals surface area contributed by atoms with Crippen molar-refractivity contribution in [1.82, 2.24) is 14.8 Å². The minimum absolute atomic E-state index is 0.123. The molecule has 1 N–H and O–H groups in total. The normalized spacial score (nSPS) is 18.4. The van der Waals surface area contributed by atoms with E-state index in [0.717, 1.165) is 33.8 Å². The molecular weight excluding hydrogens is 496 g/mol. The topological polar surface area (TPSA) is 78.3 Å². The molecule has 1 aromatic heterocycles. The van der Waals surface area contributed by atoms with Crippen molar-refractivity contribution in [3.05, 3.63) is 69.9 Å². The Morgan fingerprint density at radius 3 is 2.75 bits per heavy atom. The van der Waals surface area contributed by atoms with Crippen LogP contribution in [-0.4, -0.2) is 34.3 Å². The Morgan fingerprint density at radius 2 is 2.00 bits per heavy atom. The number of carbonyl (C=O) groups is 1. The third-order valence-electron chi connectivity index (χ3n) is 6.43. The van der Waals surface area contributed by atoms with Crippen molar-refractivity contribution in [2.45, 2.75) is 50.6 Å². The van der Waals surface area contributed by atoms with Crippen LogP contribution in [0.25, 0.3) is 0 Å². The maximum absolute atomic E-state index is 13.5. The van der Waals surface area contributed by atoms with Crippen LogP contribution in [0.3, 0.4) is 0 Å². The molecule has 36 heavy (non-hydrogen) atoms. The SMILES string of the molecule is CCOc1ccc(C2C3=C(CC(C)(C)CC3=O)Nc3nc(SCc4ccccc4Cl)nn32)cc1OC. The van der Waals surface area contributed by atoms with Gasteiger partial charge in [-0.3, -0.25) is 4.79 Å². The van der Waals surface area contributed by atoms with Crippen LogP contribution in [0.5, 0.6) is 11.5 Å². The Balaban J connectivity index is 1.56. The molecule has 5 rings (SSSR count). The average molecular weight is 525 g/mol. The summed E-state index contributed by atoms with van der Waals surface area (Å²) in [6, 6.07) is 13.1. The first-order valence-corrected chi connectivity index (χ1v) is 13.3. The Bertz CT molecular complexity index is 1350. The van der Waals surface area contributed by atoms with Gasteiger partial charge in [0.1, 0.15) is 6.04 Å². The van der Waals surface area contributed by atoms with Gasteiger partial charge in [-0.1, -0.05) is 61.5 Å². The summed E-state index contributed by atoms with van der Waals surface area (Å²) in [7, 11) is 1.62. The van der Waals surface area contributed by atoms with Crippen molar-refractivity contribution in [1.29, 1.82) is 0 Å². The summed E-state index contributed by atoms with van der Waals surface area (Å²) in [5, 5.41) is 9.60. The summed E-state index contributed by atoms with van der Waals surface area (Å²) >= 11 is 7.86. The van der Waals surface area contributed by atoms with E-state index in [4.69, 9.17) is 31.2 Å². The molecule has 0 saturated carbocycles. The van der Waals surface area contributed by atoms with Crippen molar-refractivity contribution in [2.24, 2.45) is 5.41 Å². The van der Waals surface area contributed by atoms with Gasteiger partial charge < -0.3 is 14.8 Å². The van der Waals surface area contributed by atoms with Crippen molar-refractivity contribution < 1.29 is 14.3 Å². The summed E-state index contributed by atoms with van der Waals surface area (Å²) in [5.74, 6) is 2.67. The van der Waals surface area contributed by atoms with Crippen molar-refractivity contribution >= 4 is 35.1 Å². The highest BCUT2D eigenvalue weighted by molar-refractivity contribution is 7.98. The largest absolute Gasteiger partial charge is 0.493 e. The fourth-order valence-electron chi connectivity index (χ4n) is 4.85. The Labute approximate surface area is 220 Å². The Kier molecular flexibility index (Phi) is 6.74. The summed E-state index contributed by atoms with van der Waals surface area (Å²) in [6.07, 6.45) is 1.24. The number of carbonyl (C=O) groups excluding carboxylic acids is 1. The molecule has 2 heterocycles. The number of Topliss-reactive ketones (excluding diaryl/α,β-unsaturated/α-hetero) is 1. The lowest BCUT2D eigenvalue weighted by Crippen LogP contribution is -2.36. The molecule has 9 heteroatoms. The molecule has 1 aliphatic heterocycles. The van der Waals surface area contributed by atoms with Crippen molar-refractivity contribution in [3.8, 4) is 11.5 Å². The minimum atomic E-state index is -0.411. The number of hydrogen-bond acceptors (Lipinski definition) is 7. The highest BCUT2D eigenvalue weighted by Crippen LogP contribution is 2.46. The molecule has 1 atom stereocenters. The molecule has 0 saturated heterocycles. The van der Waals surface area contributed by atoms with Gasteiger partial charge in [-0.05, 0) is 48.1 Å². The number of nitrogens with zero attached hydrogens (tertiary/aromatic N) is 3. The third kappa shape index (κ3) is 4.72. The lowest BCUT2D eigenvalue weighted by molar-refractivity contribution is -0.118. The first kappa shape index (κ1) is 24.7. The zero-order valence-corrected chi connectivity index (χ0v) is 22.4. The van der Waals surface area contributed by atoms with E-state index in [9.17, 15) is 4.79 Å². The van der Waals surface area contributed by atoms with Crippen LogP contribution in [0.4, 0.5) is 5.95 Å². The van der Waals surface area contributed by atoms with Gasteiger partial charge in [0, 0.05) is 28.5 Å². The molecule has 1 unspecified atom stereocenters. The van der Waals surface area contributed by atoms with E-state index in [1.54, 1.807) is 7.11 Å². The number of hydrogen-bond donors (Lipinski definition) is 1. The summed E-state index contributed by atoms with van der Waals surface area (Å²) in [4.78, 5) is 18.3. The second-order valence-corrected chi connectivity index (χ2v) is 11.1. The third-order valence-corrected chi connectivity index (χ3v) is 7.69. The van der Waals surface area contributed by atoms with Crippen LogP contribution in [0.15, 0.2) is 58.9 Å². The number of ether oxygens (including phenoxy) is 2. The second-order valence-electron chi connectivity index (χ2n) is 9.75. The van der Waals surface area contributed by atoms with E-state index in [-0.39, 0.29) is 11.2 Å². The monoisotopic (exact) mass is 524 g/mol. The molecule has 7 nitrogen and oxygen atoms in total. The van der Waals surface area contributed by atoms with Gasteiger partial charge >= 0.3 is 0 Å². The number of rotatable bonds is 7. The maximum Gasteiger partial charge on any atom is 0.227 e. The Morgan fingerprint density at radius 1 is 1.19 bits per heavy atom. The van der Waals surface area contributed by atoms with Gasteiger partial charge in [-0.2, -0.15) is 4.98 Å². The van der Waals surface area contributed by atoms with E-state index in [0.29, 0.717) is 41.4 Å². The first-order valence-electron chi connectivity index (χ1n) is 12.0. The van der Waals surface area contributed by atoms with Crippen LogP contribution in [-0.2, 0) is 10.5 Å². The summed E-state index contributed by atoms with van der Waals surface area (Å²) < 4.78 is 13.1. The highest BCUT2D eigenvalue weighted by Gasteiger charge is 2.42. The molecule has 0 radical (unpaired) electrons. The molecule has 0 spiro atoms. The van der Waals surface area contributed by atoms with Crippen LogP contribution in [0.2, 0.25) is 5.02 Å². The zero-order valence-electron chi connectivity index (χ0n) is 20.8. The number of aromatic nitrogens is 3. The number of ketones is 1. The van der Waals surface area contributed by atoms with E-state index in [2.05, 4.69) is 19.2 Å². The average Bonchev–Trinajstić information content (AvgIpc) is 3.24. The Hall–Kier alpha value is -2.97. The molecule has 188 valence electrons. The quantitative estimate of drug-likeness (QED) is 0.364. The first-order chi connectivity index (χ1) is 17.3. The highest BCUT2D eigenvalue weighted by atomic mass is 35.5. The van der Waals surface area contributed by atoms with E-state index in [1.165, 1.54) is 11.8 Å². The molecule has 0 bridgehead atoms. The zero-order chi connectivity index (χ0) is 25.4. The van der Waals surface area contributed by atoms with Crippen LogP contribution in [0, 0.1) is 5.41 Å². The number of thioether (sulfide) groups is 1. The maximum atomic E-state index is 13.5. The standard InChI is InChI=1S/C27H29ClN4O3S/c1-5-35-21-11-10-16(12-22(21)34-4)24-23-19(13-27(2,3)14-20(23)33)29-25-30-26(31-32(24)25)36-15-17-8-6-7-9-18(17)28/h6-12,24H,5,13-15H2,1-4H3,(H,29,30,31). The second kappa shape index (κ2) is 9.82. The van der Waals surface area contributed by atoms with E-state index in [1.807, 2.05) is 54.1 Å². The number of methoxy groups -OCH3 is 1. The lowest BCUT2D eigenvalue weighted by Gasteiger charge is -2.38. The van der Waals surface area contributed by atoms with Crippen LogP contribution in [0.1, 0.15) is 50.8 Å². The smallest absolute Gasteiger partial charge is 0.227 e. The number of halogens is 1. The number of fused-ring (bicyclic) bond motifs is 1. The number of anilines is 1. The van der Waals surface area contributed by atoms with Gasteiger partial charge in [0.2, 0.25) is 11.1 Å². The van der Waals surface area contributed by atoms with E-state index >= 15 is 0 Å². The fourth-order valence-corrected chi connectivity index (χ4v) is 5.96. The predicted molar refractivity (Wildman–Crippen MR) is 142 cm³/mol. The fraction of sp³-hybridized carbons (Fsp3) is 0.370. The van der Waals surface area contributed by atoms with Crippen molar-refractivity contribution in [3.63, 3.8) is 0 Å². The molecule has 2 aliphatic rings. The van der Waals surface area contributed by atoms with E-state index < -0.39 is 6.04 Å². The molecule has 0 fully saturated rings. The van der Waals surface area contributed by atoms with Gasteiger partial charge in [-0.15, -0.1) is 5.10 Å². The number of benzene rings is 2. The number of nitrogens with one attached hydrogen (secondary N) is 1. The molecule has 3 aromatic rings. The molecule has 2 aromatic carbocycles. The summed E-state index contributed by atoms with van der Waals surface area (Å²) in [6.45, 7) is 6.71. The molecule has 1 aliphatic carbocycles.